The molecule has 0 saturated heterocycles. The van der Waals surface area contributed by atoms with Gasteiger partial charge in [0.15, 0.2) is 0 Å². The Morgan fingerprint density at radius 1 is 0.600 bits per heavy atom. The van der Waals surface area contributed by atoms with Crippen molar-refractivity contribution in [3.63, 3.8) is 0 Å². The number of hydrogen-bond donors (Lipinski definition) is 0. The van der Waals surface area contributed by atoms with Gasteiger partial charge in [-0.1, -0.05) is 24.3 Å². The molecule has 2 rings (SSSR count). The van der Waals surface area contributed by atoms with Gasteiger partial charge in [0.2, 0.25) is 0 Å². The van der Waals surface area contributed by atoms with Gasteiger partial charge in [0, 0.05) is 0 Å². The summed E-state index contributed by atoms with van der Waals surface area (Å²) in [6, 6.07) is 12.3. The summed E-state index contributed by atoms with van der Waals surface area (Å²) in [5.41, 5.74) is 0. The van der Waals surface area contributed by atoms with E-state index in [9.17, 15) is 10.2 Å². The van der Waals surface area contributed by atoms with Gasteiger partial charge in [0.25, 0.3) is 0 Å². The molecule has 0 unspecified atom stereocenters. The fraction of sp³-hybridized carbons (Fsp3) is 0.143. The first-order valence-electron chi connectivity index (χ1n) is 5.54. The molecular weight excluding hydrogens is 278 g/mol. The molecule has 6 heteroatoms. The van der Waals surface area contributed by atoms with Gasteiger partial charge in [-0.3, -0.25) is 0 Å². The average molecular weight is 290 g/mol. The second-order valence-electron chi connectivity index (χ2n) is 3.64. The fourth-order valence-electron chi connectivity index (χ4n) is 1.39. The van der Waals surface area contributed by atoms with Crippen LogP contribution in [0.2, 0.25) is 0 Å². The standard InChI is InChI=1S/C14H14O4.2Na/c15-11-1-5-13(6-2-11)17-9-10-18-14-7-3-12(16)4-8-14;;/h1-8,15-16H,9-10H2;;/q;2*+1/p-2. The van der Waals surface area contributed by atoms with Gasteiger partial charge in [-0.2, -0.15) is 0 Å². The van der Waals surface area contributed by atoms with Crippen molar-refractivity contribution < 1.29 is 78.8 Å². The zero-order valence-corrected chi connectivity index (χ0v) is 15.7. The molecule has 2 aromatic carbocycles. The molecular formula is C14H12Na2O4. The summed E-state index contributed by atoms with van der Waals surface area (Å²) in [5.74, 6) is 1.17. The predicted molar refractivity (Wildman–Crippen MR) is 62.8 cm³/mol. The van der Waals surface area contributed by atoms with Crippen LogP contribution in [0.3, 0.4) is 0 Å². The Balaban J connectivity index is 0.00000180. The molecule has 4 nitrogen and oxygen atoms in total. The number of hydrogen-bond acceptors (Lipinski definition) is 4. The van der Waals surface area contributed by atoms with E-state index in [1.54, 1.807) is 24.3 Å². The first kappa shape index (κ1) is 19.6. The fourth-order valence-corrected chi connectivity index (χ4v) is 1.39. The normalized spacial score (nSPS) is 9.00. The third-order valence-electron chi connectivity index (χ3n) is 2.27. The molecule has 0 N–H and O–H groups in total. The molecule has 0 heterocycles. The largest absolute Gasteiger partial charge is 1.00 e. The van der Waals surface area contributed by atoms with E-state index in [1.165, 1.54) is 24.3 Å². The maximum atomic E-state index is 10.9. The molecule has 0 aliphatic heterocycles. The number of rotatable bonds is 5. The van der Waals surface area contributed by atoms with E-state index in [1.807, 2.05) is 0 Å². The maximum Gasteiger partial charge on any atom is 1.00 e. The van der Waals surface area contributed by atoms with E-state index in [-0.39, 0.29) is 70.6 Å². The Kier molecular flexibility index (Phi) is 10.2. The predicted octanol–water partition coefficient (Wildman–Crippen LogP) is -4.70. The molecule has 0 atom stereocenters. The van der Waals surface area contributed by atoms with E-state index < -0.39 is 0 Å². The van der Waals surface area contributed by atoms with Gasteiger partial charge >= 0.3 is 59.1 Å². The molecule has 0 radical (unpaired) electrons. The molecule has 2 aromatic rings. The molecule has 0 aliphatic rings. The first-order chi connectivity index (χ1) is 8.74. The van der Waals surface area contributed by atoms with Crippen LogP contribution in [0.25, 0.3) is 0 Å². The first-order valence-corrected chi connectivity index (χ1v) is 5.54. The van der Waals surface area contributed by atoms with Crippen LogP contribution in [0.1, 0.15) is 0 Å². The van der Waals surface area contributed by atoms with Crippen LogP contribution < -0.4 is 78.8 Å². The van der Waals surface area contributed by atoms with E-state index in [2.05, 4.69) is 0 Å². The minimum Gasteiger partial charge on any atom is -0.872 e. The van der Waals surface area contributed by atoms with E-state index in [0.717, 1.165) is 0 Å². The van der Waals surface area contributed by atoms with Crippen molar-refractivity contribution in [2.45, 2.75) is 0 Å². The summed E-state index contributed by atoms with van der Waals surface area (Å²) in [6.07, 6.45) is 0. The Morgan fingerprint density at radius 2 is 0.900 bits per heavy atom. The summed E-state index contributed by atoms with van der Waals surface area (Å²) in [4.78, 5) is 0. The van der Waals surface area contributed by atoms with E-state index >= 15 is 0 Å². The van der Waals surface area contributed by atoms with Crippen LogP contribution in [-0.2, 0) is 0 Å². The molecule has 0 bridgehead atoms. The Labute approximate surface area is 162 Å². The van der Waals surface area contributed by atoms with Crippen molar-refractivity contribution in [1.82, 2.24) is 0 Å². The van der Waals surface area contributed by atoms with Gasteiger partial charge < -0.3 is 19.7 Å². The van der Waals surface area contributed by atoms with Crippen molar-refractivity contribution >= 4 is 0 Å². The van der Waals surface area contributed by atoms with Gasteiger partial charge in [0.1, 0.15) is 24.7 Å². The smallest absolute Gasteiger partial charge is 0.872 e. The summed E-state index contributed by atoms with van der Waals surface area (Å²) < 4.78 is 10.8. The van der Waals surface area contributed by atoms with E-state index in [0.29, 0.717) is 24.7 Å². The van der Waals surface area contributed by atoms with Crippen LogP contribution in [0.15, 0.2) is 48.5 Å². The van der Waals surface area contributed by atoms with Crippen molar-refractivity contribution in [2.24, 2.45) is 0 Å². The second-order valence-corrected chi connectivity index (χ2v) is 3.64. The third kappa shape index (κ3) is 6.88. The minimum atomic E-state index is -0.0451. The molecule has 94 valence electrons. The molecule has 20 heavy (non-hydrogen) atoms. The van der Waals surface area contributed by atoms with Crippen molar-refractivity contribution in [1.29, 1.82) is 0 Å². The summed E-state index contributed by atoms with van der Waals surface area (Å²) in [6.45, 7) is 0.745. The molecule has 0 aliphatic carbocycles. The topological polar surface area (TPSA) is 64.6 Å². The second kappa shape index (κ2) is 10.4. The van der Waals surface area contributed by atoms with Gasteiger partial charge in [-0.15, -0.1) is 11.5 Å². The molecule has 0 saturated carbocycles. The van der Waals surface area contributed by atoms with Gasteiger partial charge in [-0.05, 0) is 24.3 Å². The Morgan fingerprint density at radius 3 is 1.20 bits per heavy atom. The molecule has 0 fully saturated rings. The SMILES string of the molecule is [Na+].[Na+].[O-]c1ccc(OCCOc2ccc([O-])cc2)cc1. The summed E-state index contributed by atoms with van der Waals surface area (Å²) >= 11 is 0. The van der Waals surface area contributed by atoms with Gasteiger partial charge in [0.05, 0.1) is 0 Å². The number of ether oxygens (including phenoxy) is 2. The summed E-state index contributed by atoms with van der Waals surface area (Å²) in [5, 5.41) is 21.7. The van der Waals surface area contributed by atoms with Crippen molar-refractivity contribution in [2.75, 3.05) is 13.2 Å². The monoisotopic (exact) mass is 290 g/mol. The van der Waals surface area contributed by atoms with Crippen LogP contribution in [0.5, 0.6) is 23.0 Å². The molecule has 0 aromatic heterocycles. The zero-order chi connectivity index (χ0) is 12.8. The Hall–Kier alpha value is -0.360. The van der Waals surface area contributed by atoms with Crippen molar-refractivity contribution in [3.05, 3.63) is 48.5 Å². The zero-order valence-electron chi connectivity index (χ0n) is 11.7. The van der Waals surface area contributed by atoms with Crippen LogP contribution in [0.4, 0.5) is 0 Å². The molecule has 0 amide bonds. The van der Waals surface area contributed by atoms with Crippen LogP contribution >= 0.6 is 0 Å². The minimum absolute atomic E-state index is 0. The quantitative estimate of drug-likeness (QED) is 0.410. The Bertz CT molecular complexity index is 438. The summed E-state index contributed by atoms with van der Waals surface area (Å²) in [7, 11) is 0. The maximum absolute atomic E-state index is 10.9. The molecule has 0 spiro atoms. The average Bonchev–Trinajstić information content (AvgIpc) is 2.39. The van der Waals surface area contributed by atoms with Crippen molar-refractivity contribution in [3.8, 4) is 23.0 Å². The number of benzene rings is 2. The third-order valence-corrected chi connectivity index (χ3v) is 2.27. The van der Waals surface area contributed by atoms with Gasteiger partial charge in [-0.25, -0.2) is 0 Å². The van der Waals surface area contributed by atoms with Crippen LogP contribution in [-0.4, -0.2) is 13.2 Å². The van der Waals surface area contributed by atoms with Crippen LogP contribution in [0, 0.1) is 0 Å². The van der Waals surface area contributed by atoms with E-state index in [4.69, 9.17) is 9.47 Å².